The Kier molecular flexibility index (Phi) is 7.09. The fraction of sp³-hybridized carbons (Fsp3) is 0.241. The van der Waals surface area contributed by atoms with Crippen LogP contribution in [0.15, 0.2) is 89.5 Å². The SMILES string of the molecule is CN1CCN(c2onc(-c3ccc(F)cc3)c2CN(Cc2ccccc2)C(=O)c2ccccc2)CC1. The summed E-state index contributed by atoms with van der Waals surface area (Å²) in [5, 5.41) is 4.41. The number of hydrogen-bond donors (Lipinski definition) is 0. The van der Waals surface area contributed by atoms with E-state index in [1.165, 1.54) is 12.1 Å². The van der Waals surface area contributed by atoms with Gasteiger partial charge < -0.3 is 19.2 Å². The van der Waals surface area contributed by atoms with E-state index in [9.17, 15) is 9.18 Å². The van der Waals surface area contributed by atoms with Crippen LogP contribution in [0.25, 0.3) is 11.3 Å². The van der Waals surface area contributed by atoms with Gasteiger partial charge in [0, 0.05) is 43.9 Å². The van der Waals surface area contributed by atoms with E-state index in [0.29, 0.717) is 30.2 Å². The topological polar surface area (TPSA) is 52.8 Å². The molecule has 3 aromatic carbocycles. The van der Waals surface area contributed by atoms with Gasteiger partial charge >= 0.3 is 0 Å². The lowest BCUT2D eigenvalue weighted by atomic mass is 10.1. The van der Waals surface area contributed by atoms with Crippen LogP contribution in [0.2, 0.25) is 0 Å². The highest BCUT2D eigenvalue weighted by atomic mass is 19.1. The lowest BCUT2D eigenvalue weighted by Gasteiger charge is -2.33. The fourth-order valence-corrected chi connectivity index (χ4v) is 4.49. The van der Waals surface area contributed by atoms with Gasteiger partial charge in [0.05, 0.1) is 12.1 Å². The van der Waals surface area contributed by atoms with Gasteiger partial charge in [-0.05, 0) is 49.0 Å². The van der Waals surface area contributed by atoms with Gasteiger partial charge in [-0.3, -0.25) is 4.79 Å². The zero-order valence-corrected chi connectivity index (χ0v) is 20.3. The lowest BCUT2D eigenvalue weighted by Crippen LogP contribution is -2.44. The summed E-state index contributed by atoms with van der Waals surface area (Å²) in [5.74, 6) is 0.282. The van der Waals surface area contributed by atoms with Crippen LogP contribution in [0.1, 0.15) is 21.5 Å². The molecule has 6 nitrogen and oxygen atoms in total. The van der Waals surface area contributed by atoms with Crippen molar-refractivity contribution in [1.29, 1.82) is 0 Å². The molecule has 184 valence electrons. The molecule has 0 bridgehead atoms. The molecule has 1 amide bonds. The quantitative estimate of drug-likeness (QED) is 0.366. The predicted molar refractivity (Wildman–Crippen MR) is 138 cm³/mol. The van der Waals surface area contributed by atoms with Crippen molar-refractivity contribution in [3.8, 4) is 11.3 Å². The molecule has 2 heterocycles. The monoisotopic (exact) mass is 484 g/mol. The zero-order chi connectivity index (χ0) is 24.9. The summed E-state index contributed by atoms with van der Waals surface area (Å²) < 4.78 is 19.6. The van der Waals surface area contributed by atoms with Gasteiger partial charge in [-0.2, -0.15) is 0 Å². The first-order valence-corrected chi connectivity index (χ1v) is 12.1. The Morgan fingerprint density at radius 2 is 1.53 bits per heavy atom. The van der Waals surface area contributed by atoms with Crippen LogP contribution in [0, 0.1) is 5.82 Å². The first kappa shape index (κ1) is 23.8. The van der Waals surface area contributed by atoms with E-state index in [1.54, 1.807) is 12.1 Å². The molecule has 0 radical (unpaired) electrons. The smallest absolute Gasteiger partial charge is 0.254 e. The molecule has 0 aliphatic carbocycles. The third kappa shape index (κ3) is 5.31. The maximum Gasteiger partial charge on any atom is 0.254 e. The fourth-order valence-electron chi connectivity index (χ4n) is 4.49. The minimum absolute atomic E-state index is 0.0740. The van der Waals surface area contributed by atoms with Crippen LogP contribution in [-0.4, -0.2) is 54.1 Å². The van der Waals surface area contributed by atoms with Crippen LogP contribution >= 0.6 is 0 Å². The minimum Gasteiger partial charge on any atom is -0.338 e. The molecule has 0 atom stereocenters. The highest BCUT2D eigenvalue weighted by Crippen LogP contribution is 2.34. The Morgan fingerprint density at radius 3 is 2.19 bits per heavy atom. The van der Waals surface area contributed by atoms with E-state index in [4.69, 9.17) is 4.52 Å². The summed E-state index contributed by atoms with van der Waals surface area (Å²) in [5.41, 5.74) is 3.86. The Hall–Kier alpha value is -3.97. The Morgan fingerprint density at radius 1 is 0.889 bits per heavy atom. The first-order chi connectivity index (χ1) is 17.6. The highest BCUT2D eigenvalue weighted by molar-refractivity contribution is 5.94. The van der Waals surface area contributed by atoms with Gasteiger partial charge in [0.2, 0.25) is 5.88 Å². The molecule has 0 spiro atoms. The number of likely N-dealkylation sites (N-methyl/N-ethyl adjacent to an activating group) is 1. The lowest BCUT2D eigenvalue weighted by molar-refractivity contribution is 0.0730. The molecule has 1 aromatic heterocycles. The summed E-state index contributed by atoms with van der Waals surface area (Å²) in [4.78, 5) is 20.0. The largest absolute Gasteiger partial charge is 0.338 e. The maximum atomic E-state index is 13.7. The van der Waals surface area contributed by atoms with Gasteiger partial charge in [0.25, 0.3) is 5.91 Å². The average molecular weight is 485 g/mol. The molecular weight excluding hydrogens is 455 g/mol. The molecule has 1 aliphatic rings. The van der Waals surface area contributed by atoms with Crippen molar-refractivity contribution in [3.05, 3.63) is 107 Å². The minimum atomic E-state index is -0.312. The van der Waals surface area contributed by atoms with Gasteiger partial charge in [-0.15, -0.1) is 0 Å². The molecule has 1 aliphatic heterocycles. The maximum absolute atomic E-state index is 13.7. The number of benzene rings is 3. The zero-order valence-electron chi connectivity index (χ0n) is 20.3. The summed E-state index contributed by atoms with van der Waals surface area (Å²) >= 11 is 0. The van der Waals surface area contributed by atoms with E-state index >= 15 is 0 Å². The van der Waals surface area contributed by atoms with E-state index in [0.717, 1.165) is 42.9 Å². The van der Waals surface area contributed by atoms with Crippen molar-refractivity contribution in [2.45, 2.75) is 13.1 Å². The Labute approximate surface area is 210 Å². The van der Waals surface area contributed by atoms with Gasteiger partial charge in [0.1, 0.15) is 11.5 Å². The number of hydrogen-bond acceptors (Lipinski definition) is 5. The standard InChI is InChI=1S/C29H29FN4O2/c1-32-16-18-33(19-17-32)29-26(27(31-36-29)23-12-14-25(30)15-13-23)21-34(20-22-8-4-2-5-9-22)28(35)24-10-6-3-7-11-24/h2-15H,16-21H2,1H3. The van der Waals surface area contributed by atoms with Crippen molar-refractivity contribution in [2.75, 3.05) is 38.1 Å². The molecule has 0 saturated carbocycles. The molecular formula is C29H29FN4O2. The second kappa shape index (κ2) is 10.7. The number of anilines is 1. The van der Waals surface area contributed by atoms with Crippen molar-refractivity contribution in [3.63, 3.8) is 0 Å². The van der Waals surface area contributed by atoms with E-state index in [1.807, 2.05) is 65.6 Å². The van der Waals surface area contributed by atoms with Crippen molar-refractivity contribution in [2.24, 2.45) is 0 Å². The van der Waals surface area contributed by atoms with Crippen LogP contribution in [0.5, 0.6) is 0 Å². The number of amides is 1. The van der Waals surface area contributed by atoms with Crippen LogP contribution in [0.4, 0.5) is 10.3 Å². The van der Waals surface area contributed by atoms with E-state index in [2.05, 4.69) is 22.0 Å². The molecule has 7 heteroatoms. The third-order valence-electron chi connectivity index (χ3n) is 6.55. The van der Waals surface area contributed by atoms with Gasteiger partial charge in [-0.25, -0.2) is 4.39 Å². The Balaban J connectivity index is 1.55. The van der Waals surface area contributed by atoms with Crippen LogP contribution in [-0.2, 0) is 13.1 Å². The second-order valence-corrected chi connectivity index (χ2v) is 9.12. The van der Waals surface area contributed by atoms with Crippen LogP contribution < -0.4 is 4.90 Å². The summed E-state index contributed by atoms with van der Waals surface area (Å²) in [7, 11) is 2.10. The summed E-state index contributed by atoms with van der Waals surface area (Å²) in [6.45, 7) is 4.15. The summed E-state index contributed by atoms with van der Waals surface area (Å²) in [6, 6.07) is 25.5. The number of carbonyl (C=O) groups excluding carboxylic acids is 1. The van der Waals surface area contributed by atoms with Crippen LogP contribution in [0.3, 0.4) is 0 Å². The van der Waals surface area contributed by atoms with Crippen molar-refractivity contribution in [1.82, 2.24) is 15.0 Å². The first-order valence-electron chi connectivity index (χ1n) is 12.1. The molecule has 36 heavy (non-hydrogen) atoms. The number of nitrogens with zero attached hydrogens (tertiary/aromatic N) is 4. The summed E-state index contributed by atoms with van der Waals surface area (Å²) in [6.07, 6.45) is 0. The number of halogens is 1. The number of piperazine rings is 1. The number of aromatic nitrogens is 1. The predicted octanol–water partition coefficient (Wildman–Crippen LogP) is 5.08. The molecule has 0 N–H and O–H groups in total. The molecule has 5 rings (SSSR count). The van der Waals surface area contributed by atoms with Crippen molar-refractivity contribution < 1.29 is 13.7 Å². The normalized spacial score (nSPS) is 14.1. The third-order valence-corrected chi connectivity index (χ3v) is 6.55. The average Bonchev–Trinajstić information content (AvgIpc) is 3.33. The second-order valence-electron chi connectivity index (χ2n) is 9.12. The van der Waals surface area contributed by atoms with Gasteiger partial charge in [-0.1, -0.05) is 53.7 Å². The van der Waals surface area contributed by atoms with Gasteiger partial charge in [0.15, 0.2) is 0 Å². The molecule has 4 aromatic rings. The number of carbonyl (C=O) groups is 1. The molecule has 0 unspecified atom stereocenters. The Bertz CT molecular complexity index is 1280. The molecule has 1 saturated heterocycles. The number of rotatable bonds is 7. The van der Waals surface area contributed by atoms with Crippen molar-refractivity contribution >= 4 is 11.8 Å². The van der Waals surface area contributed by atoms with E-state index < -0.39 is 0 Å². The molecule has 1 fully saturated rings. The van der Waals surface area contributed by atoms with E-state index in [-0.39, 0.29) is 11.7 Å². The highest BCUT2D eigenvalue weighted by Gasteiger charge is 2.28.